The molecular formula is C9H17NO5S. The zero-order valence-electron chi connectivity index (χ0n) is 9.56. The molecule has 0 aliphatic carbocycles. The fraction of sp³-hybridized carbons (Fsp3) is 0.778. The van der Waals surface area contributed by atoms with Crippen LogP contribution in [0.3, 0.4) is 0 Å². The smallest absolute Gasteiger partial charge is 0.303 e. The van der Waals surface area contributed by atoms with Gasteiger partial charge in [-0.15, -0.1) is 0 Å². The van der Waals surface area contributed by atoms with Gasteiger partial charge in [-0.3, -0.25) is 9.59 Å². The standard InChI is InChI=1S/C9H17NO5S/c1-6(4-8(11)12)5-10-9(13)7(2)16(3,14)15/h6-7H,4-5H2,1-3H3,(H,10,13)(H,11,12). The summed E-state index contributed by atoms with van der Waals surface area (Å²) < 4.78 is 22.1. The van der Waals surface area contributed by atoms with E-state index in [1.54, 1.807) is 6.92 Å². The molecule has 6 nitrogen and oxygen atoms in total. The Morgan fingerprint density at radius 2 is 1.81 bits per heavy atom. The van der Waals surface area contributed by atoms with Crippen molar-refractivity contribution in [3.8, 4) is 0 Å². The second-order valence-electron chi connectivity index (χ2n) is 3.92. The topological polar surface area (TPSA) is 101 Å². The highest BCUT2D eigenvalue weighted by Gasteiger charge is 2.23. The first-order chi connectivity index (χ1) is 7.14. The summed E-state index contributed by atoms with van der Waals surface area (Å²) in [6.45, 7) is 3.12. The summed E-state index contributed by atoms with van der Waals surface area (Å²) in [4.78, 5) is 21.7. The fourth-order valence-electron chi connectivity index (χ4n) is 0.983. The zero-order valence-corrected chi connectivity index (χ0v) is 10.4. The maximum atomic E-state index is 11.3. The van der Waals surface area contributed by atoms with Crippen molar-refractivity contribution in [3.63, 3.8) is 0 Å². The summed E-state index contributed by atoms with van der Waals surface area (Å²) in [6.07, 6.45) is 0.922. The predicted molar refractivity (Wildman–Crippen MR) is 58.7 cm³/mol. The number of hydrogen-bond donors (Lipinski definition) is 2. The third kappa shape index (κ3) is 5.69. The van der Waals surface area contributed by atoms with Crippen molar-refractivity contribution in [1.82, 2.24) is 5.32 Å². The number of carbonyl (C=O) groups is 2. The summed E-state index contributed by atoms with van der Waals surface area (Å²) in [5.41, 5.74) is 0. The van der Waals surface area contributed by atoms with E-state index in [2.05, 4.69) is 5.32 Å². The quantitative estimate of drug-likeness (QED) is 0.671. The normalized spacial score (nSPS) is 15.2. The first-order valence-corrected chi connectivity index (χ1v) is 6.78. The molecule has 0 aromatic heterocycles. The van der Waals surface area contributed by atoms with Gasteiger partial charge >= 0.3 is 5.97 Å². The molecule has 0 radical (unpaired) electrons. The van der Waals surface area contributed by atoms with Crippen molar-refractivity contribution in [1.29, 1.82) is 0 Å². The Kier molecular flexibility index (Phi) is 5.43. The average molecular weight is 251 g/mol. The molecule has 0 fully saturated rings. The van der Waals surface area contributed by atoms with Crippen molar-refractivity contribution < 1.29 is 23.1 Å². The molecule has 0 saturated heterocycles. The number of nitrogens with one attached hydrogen (secondary N) is 1. The third-order valence-corrected chi connectivity index (χ3v) is 3.66. The number of carboxylic acid groups (broad SMARTS) is 1. The maximum Gasteiger partial charge on any atom is 0.303 e. The van der Waals surface area contributed by atoms with Crippen LogP contribution in [-0.4, -0.2) is 43.5 Å². The Labute approximate surface area is 95.0 Å². The van der Waals surface area contributed by atoms with Crippen molar-refractivity contribution >= 4 is 21.7 Å². The second kappa shape index (κ2) is 5.83. The lowest BCUT2D eigenvalue weighted by Crippen LogP contribution is -2.39. The second-order valence-corrected chi connectivity index (χ2v) is 6.29. The minimum atomic E-state index is -3.40. The summed E-state index contributed by atoms with van der Waals surface area (Å²) in [7, 11) is -3.40. The molecular weight excluding hydrogens is 234 g/mol. The molecule has 2 atom stereocenters. The Morgan fingerprint density at radius 1 is 1.31 bits per heavy atom. The summed E-state index contributed by atoms with van der Waals surface area (Å²) in [5, 5.41) is 9.78. The predicted octanol–water partition coefficient (Wildman–Crippen LogP) is -0.353. The van der Waals surface area contributed by atoms with E-state index in [0.717, 1.165) is 6.26 Å². The molecule has 0 heterocycles. The Morgan fingerprint density at radius 3 is 2.19 bits per heavy atom. The molecule has 0 aromatic rings. The van der Waals surface area contributed by atoms with Crippen molar-refractivity contribution in [2.45, 2.75) is 25.5 Å². The van der Waals surface area contributed by atoms with E-state index in [4.69, 9.17) is 5.11 Å². The van der Waals surface area contributed by atoms with Crippen LogP contribution in [0.25, 0.3) is 0 Å². The molecule has 7 heteroatoms. The largest absolute Gasteiger partial charge is 0.481 e. The van der Waals surface area contributed by atoms with Crippen LogP contribution in [0.15, 0.2) is 0 Å². The Hall–Kier alpha value is -1.11. The molecule has 2 unspecified atom stereocenters. The molecule has 0 aliphatic heterocycles. The van der Waals surface area contributed by atoms with E-state index in [9.17, 15) is 18.0 Å². The molecule has 2 N–H and O–H groups in total. The van der Waals surface area contributed by atoms with Gasteiger partial charge in [-0.05, 0) is 12.8 Å². The van der Waals surface area contributed by atoms with Gasteiger partial charge in [-0.2, -0.15) is 0 Å². The number of rotatable bonds is 6. The van der Waals surface area contributed by atoms with Crippen molar-refractivity contribution in [3.05, 3.63) is 0 Å². The lowest BCUT2D eigenvalue weighted by Gasteiger charge is -2.13. The molecule has 0 spiro atoms. The van der Waals surface area contributed by atoms with Crippen LogP contribution in [0.1, 0.15) is 20.3 Å². The van der Waals surface area contributed by atoms with Crippen LogP contribution < -0.4 is 5.32 Å². The highest BCUT2D eigenvalue weighted by atomic mass is 32.2. The van der Waals surface area contributed by atoms with Crippen LogP contribution >= 0.6 is 0 Å². The van der Waals surface area contributed by atoms with Crippen LogP contribution in [-0.2, 0) is 19.4 Å². The lowest BCUT2D eigenvalue weighted by molar-refractivity contribution is -0.138. The van der Waals surface area contributed by atoms with Gasteiger partial charge in [0.25, 0.3) is 0 Å². The average Bonchev–Trinajstić information content (AvgIpc) is 2.10. The highest BCUT2D eigenvalue weighted by Crippen LogP contribution is 2.01. The number of aliphatic carboxylic acids is 1. The highest BCUT2D eigenvalue weighted by molar-refractivity contribution is 7.92. The Bertz CT molecular complexity index is 362. The molecule has 0 rings (SSSR count). The van der Waals surface area contributed by atoms with Gasteiger partial charge in [-0.25, -0.2) is 8.42 Å². The van der Waals surface area contributed by atoms with Crippen LogP contribution in [0.5, 0.6) is 0 Å². The number of carboxylic acids is 1. The van der Waals surface area contributed by atoms with E-state index in [1.807, 2.05) is 0 Å². The van der Waals surface area contributed by atoms with Gasteiger partial charge in [0.05, 0.1) is 0 Å². The first kappa shape index (κ1) is 14.9. The van der Waals surface area contributed by atoms with Gasteiger partial charge in [0.2, 0.25) is 5.91 Å². The lowest BCUT2D eigenvalue weighted by atomic mass is 10.1. The molecule has 94 valence electrons. The van der Waals surface area contributed by atoms with Crippen LogP contribution in [0.4, 0.5) is 0 Å². The zero-order chi connectivity index (χ0) is 12.9. The van der Waals surface area contributed by atoms with Crippen LogP contribution in [0, 0.1) is 5.92 Å². The van der Waals surface area contributed by atoms with Crippen molar-refractivity contribution in [2.75, 3.05) is 12.8 Å². The molecule has 16 heavy (non-hydrogen) atoms. The number of sulfone groups is 1. The Balaban J connectivity index is 4.13. The summed E-state index contributed by atoms with van der Waals surface area (Å²) in [6, 6.07) is 0. The van der Waals surface area contributed by atoms with Gasteiger partial charge in [0.1, 0.15) is 5.25 Å². The fourth-order valence-corrected chi connectivity index (χ4v) is 1.46. The minimum Gasteiger partial charge on any atom is -0.481 e. The molecule has 0 aliphatic rings. The SMILES string of the molecule is CC(CNC(=O)C(C)S(C)(=O)=O)CC(=O)O. The molecule has 1 amide bonds. The van der Waals surface area contributed by atoms with Crippen molar-refractivity contribution in [2.24, 2.45) is 5.92 Å². The van der Waals surface area contributed by atoms with Gasteiger partial charge in [0.15, 0.2) is 9.84 Å². The van der Waals surface area contributed by atoms with Gasteiger partial charge < -0.3 is 10.4 Å². The minimum absolute atomic E-state index is 0.0620. The van der Waals surface area contributed by atoms with E-state index in [1.165, 1.54) is 6.92 Å². The van der Waals surface area contributed by atoms with E-state index in [0.29, 0.717) is 0 Å². The number of carbonyl (C=O) groups excluding carboxylic acids is 1. The number of hydrogen-bond acceptors (Lipinski definition) is 4. The first-order valence-electron chi connectivity index (χ1n) is 4.83. The molecule has 0 saturated carbocycles. The maximum absolute atomic E-state index is 11.3. The molecule has 0 bridgehead atoms. The number of amides is 1. The van der Waals surface area contributed by atoms with E-state index >= 15 is 0 Å². The van der Waals surface area contributed by atoms with E-state index < -0.39 is 27.0 Å². The van der Waals surface area contributed by atoms with Gasteiger partial charge in [-0.1, -0.05) is 6.92 Å². The summed E-state index contributed by atoms with van der Waals surface area (Å²) >= 11 is 0. The third-order valence-electron chi connectivity index (χ3n) is 2.16. The van der Waals surface area contributed by atoms with Crippen LogP contribution in [0.2, 0.25) is 0 Å². The monoisotopic (exact) mass is 251 g/mol. The molecule has 0 aromatic carbocycles. The van der Waals surface area contributed by atoms with Gasteiger partial charge in [0, 0.05) is 19.2 Å². The summed E-state index contributed by atoms with van der Waals surface area (Å²) in [5.74, 6) is -1.77. The van der Waals surface area contributed by atoms with E-state index in [-0.39, 0.29) is 18.9 Å².